The van der Waals surface area contributed by atoms with Gasteiger partial charge in [0, 0.05) is 16.7 Å². The lowest BCUT2D eigenvalue weighted by atomic mass is 9.76. The van der Waals surface area contributed by atoms with Crippen LogP contribution >= 0.6 is 11.6 Å². The fraction of sp³-hybridized carbons (Fsp3) is 0.364. The van der Waals surface area contributed by atoms with Gasteiger partial charge in [-0.05, 0) is 44.9 Å². The number of hydrogen-bond donors (Lipinski definition) is 1. The summed E-state index contributed by atoms with van der Waals surface area (Å²) < 4.78 is 5.64. The summed E-state index contributed by atoms with van der Waals surface area (Å²) in [6, 6.07) is 0. The van der Waals surface area contributed by atoms with Crippen molar-refractivity contribution in [2.24, 2.45) is 5.92 Å². The predicted molar refractivity (Wildman–Crippen MR) is 107 cm³/mol. The molecule has 1 aliphatic carbocycles. The molecule has 1 heterocycles. The van der Waals surface area contributed by atoms with Gasteiger partial charge in [-0.2, -0.15) is 0 Å². The van der Waals surface area contributed by atoms with Crippen LogP contribution in [0.2, 0.25) is 0 Å². The van der Waals surface area contributed by atoms with Crippen molar-refractivity contribution in [3.05, 3.63) is 69.7 Å². The van der Waals surface area contributed by atoms with Crippen LogP contribution < -0.4 is 0 Å². The molecule has 2 atom stereocenters. The minimum absolute atomic E-state index is 0.0759. The molecule has 0 saturated heterocycles. The van der Waals surface area contributed by atoms with Crippen LogP contribution in [0.3, 0.4) is 0 Å². The Balaban J connectivity index is 2.43. The standard InChI is InChI=1S/C22H25ClO4/c1-6-13(2)9-14(3)7-8-16-11-17-18(12-27-16)19(10-15(4)24)22(5,26)21(25)20(17)23/h7-13,26H,6H2,1-5H3/b8-7+,14-9+,19-10-/t13?,22-/m1/s1. The van der Waals surface area contributed by atoms with E-state index in [9.17, 15) is 14.7 Å². The molecular weight excluding hydrogens is 364 g/mol. The van der Waals surface area contributed by atoms with E-state index in [1.165, 1.54) is 26.2 Å². The Hall–Kier alpha value is -2.17. The summed E-state index contributed by atoms with van der Waals surface area (Å²) in [6.45, 7) is 8.97. The van der Waals surface area contributed by atoms with E-state index >= 15 is 0 Å². The number of rotatable bonds is 5. The molecule has 1 aliphatic heterocycles. The van der Waals surface area contributed by atoms with Crippen LogP contribution in [0.15, 0.2) is 69.7 Å². The van der Waals surface area contributed by atoms with Crippen LogP contribution in [0.1, 0.15) is 41.0 Å². The van der Waals surface area contributed by atoms with Crippen LogP contribution in [0, 0.1) is 5.92 Å². The number of halogens is 1. The van der Waals surface area contributed by atoms with Crippen molar-refractivity contribution in [2.45, 2.75) is 46.6 Å². The molecule has 1 unspecified atom stereocenters. The summed E-state index contributed by atoms with van der Waals surface area (Å²) in [5, 5.41) is 10.5. The SMILES string of the molecule is CCC(C)/C=C(C)/C=C/C1=CC2=C(Cl)C(=O)[C@](C)(O)/C(=C\C(C)=O)C2=CO1. The summed E-state index contributed by atoms with van der Waals surface area (Å²) in [5.41, 5.74) is 0.284. The van der Waals surface area contributed by atoms with Gasteiger partial charge in [-0.25, -0.2) is 0 Å². The predicted octanol–water partition coefficient (Wildman–Crippen LogP) is 4.68. The van der Waals surface area contributed by atoms with E-state index in [4.69, 9.17) is 16.3 Å². The fourth-order valence-corrected chi connectivity index (χ4v) is 3.24. The summed E-state index contributed by atoms with van der Waals surface area (Å²) in [7, 11) is 0. The van der Waals surface area contributed by atoms with Crippen molar-refractivity contribution in [1.29, 1.82) is 0 Å². The molecule has 0 aromatic rings. The molecule has 0 saturated carbocycles. The van der Waals surface area contributed by atoms with Crippen LogP contribution in [-0.4, -0.2) is 22.3 Å². The third kappa shape index (κ3) is 4.57. The van der Waals surface area contributed by atoms with Crippen LogP contribution in [0.25, 0.3) is 0 Å². The number of carbonyl (C=O) groups excluding carboxylic acids is 2. The highest BCUT2D eigenvalue weighted by Gasteiger charge is 2.45. The molecule has 0 amide bonds. The Labute approximate surface area is 165 Å². The van der Waals surface area contributed by atoms with Gasteiger partial charge in [0.05, 0.1) is 11.3 Å². The number of hydrogen-bond acceptors (Lipinski definition) is 4. The minimum atomic E-state index is -1.88. The van der Waals surface area contributed by atoms with Crippen molar-refractivity contribution in [3.8, 4) is 0 Å². The lowest BCUT2D eigenvalue weighted by Gasteiger charge is -2.33. The smallest absolute Gasteiger partial charge is 0.210 e. The van der Waals surface area contributed by atoms with Gasteiger partial charge in [0.15, 0.2) is 11.4 Å². The van der Waals surface area contributed by atoms with Gasteiger partial charge in [-0.15, -0.1) is 0 Å². The van der Waals surface area contributed by atoms with Crippen molar-refractivity contribution in [3.63, 3.8) is 0 Å². The molecule has 5 heteroatoms. The number of fused-ring (bicyclic) bond motifs is 1. The minimum Gasteiger partial charge on any atom is -0.464 e. The number of carbonyl (C=O) groups is 2. The molecule has 0 aromatic carbocycles. The average Bonchev–Trinajstić information content (AvgIpc) is 2.61. The lowest BCUT2D eigenvalue weighted by molar-refractivity contribution is -0.128. The first-order valence-electron chi connectivity index (χ1n) is 8.93. The number of allylic oxidation sites excluding steroid dienone is 7. The van der Waals surface area contributed by atoms with Crippen molar-refractivity contribution < 1.29 is 19.4 Å². The van der Waals surface area contributed by atoms with E-state index in [1.54, 1.807) is 12.2 Å². The van der Waals surface area contributed by atoms with Crippen molar-refractivity contribution in [1.82, 2.24) is 0 Å². The zero-order valence-corrected chi connectivity index (χ0v) is 17.1. The van der Waals surface area contributed by atoms with Gasteiger partial charge >= 0.3 is 0 Å². The van der Waals surface area contributed by atoms with Crippen molar-refractivity contribution >= 4 is 23.2 Å². The molecular formula is C22H25ClO4. The van der Waals surface area contributed by atoms with Gasteiger partial charge in [0.1, 0.15) is 5.76 Å². The Morgan fingerprint density at radius 1 is 1.41 bits per heavy atom. The maximum absolute atomic E-state index is 12.5. The number of ether oxygens (including phenoxy) is 1. The van der Waals surface area contributed by atoms with Crippen LogP contribution in [0.5, 0.6) is 0 Å². The van der Waals surface area contributed by atoms with Gasteiger partial charge in [-0.3, -0.25) is 9.59 Å². The molecule has 144 valence electrons. The molecule has 0 radical (unpaired) electrons. The monoisotopic (exact) mass is 388 g/mol. The second-order valence-electron chi connectivity index (χ2n) is 7.12. The topological polar surface area (TPSA) is 63.6 Å². The van der Waals surface area contributed by atoms with Gasteiger partial charge in [0.25, 0.3) is 0 Å². The first kappa shape index (κ1) is 21.1. The Morgan fingerprint density at radius 2 is 2.07 bits per heavy atom. The van der Waals surface area contributed by atoms with Crippen LogP contribution in [0.4, 0.5) is 0 Å². The Morgan fingerprint density at radius 3 is 2.67 bits per heavy atom. The first-order chi connectivity index (χ1) is 12.6. The molecule has 2 rings (SSSR count). The maximum atomic E-state index is 12.5. The summed E-state index contributed by atoms with van der Waals surface area (Å²) in [4.78, 5) is 24.1. The summed E-state index contributed by atoms with van der Waals surface area (Å²) in [5.74, 6) is 0.0762. The first-order valence-corrected chi connectivity index (χ1v) is 9.31. The van der Waals surface area contributed by atoms with E-state index in [1.807, 2.05) is 13.0 Å². The van der Waals surface area contributed by atoms with Gasteiger partial charge < -0.3 is 9.84 Å². The summed E-state index contributed by atoms with van der Waals surface area (Å²) >= 11 is 6.22. The van der Waals surface area contributed by atoms with E-state index in [2.05, 4.69) is 19.9 Å². The Bertz CT molecular complexity index is 848. The van der Waals surface area contributed by atoms with E-state index in [-0.39, 0.29) is 16.4 Å². The third-order valence-corrected chi connectivity index (χ3v) is 5.01. The lowest BCUT2D eigenvalue weighted by Crippen LogP contribution is -2.42. The molecule has 1 N–H and O–H groups in total. The highest BCUT2D eigenvalue weighted by atomic mass is 35.5. The largest absolute Gasteiger partial charge is 0.464 e. The molecule has 0 bridgehead atoms. The van der Waals surface area contributed by atoms with Gasteiger partial charge in [-0.1, -0.05) is 49.6 Å². The molecule has 27 heavy (non-hydrogen) atoms. The zero-order chi connectivity index (χ0) is 20.4. The maximum Gasteiger partial charge on any atom is 0.210 e. The fourth-order valence-electron chi connectivity index (χ4n) is 2.90. The zero-order valence-electron chi connectivity index (χ0n) is 16.3. The quantitative estimate of drug-likeness (QED) is 0.548. The molecule has 0 aromatic heterocycles. The van der Waals surface area contributed by atoms with Crippen LogP contribution in [-0.2, 0) is 14.3 Å². The highest BCUT2D eigenvalue weighted by Crippen LogP contribution is 2.42. The molecule has 4 nitrogen and oxygen atoms in total. The molecule has 2 aliphatic rings. The normalized spacial score (nSPS) is 26.0. The van der Waals surface area contributed by atoms with Crippen molar-refractivity contribution in [2.75, 3.05) is 0 Å². The Kier molecular flexibility index (Phi) is 6.45. The second kappa shape index (κ2) is 8.24. The number of aliphatic hydroxyl groups is 1. The number of Topliss-reactive ketones (excluding diaryl/α,β-unsaturated/α-hetero) is 1. The third-order valence-electron chi connectivity index (χ3n) is 4.63. The van der Waals surface area contributed by atoms with E-state index < -0.39 is 11.4 Å². The van der Waals surface area contributed by atoms with E-state index in [0.29, 0.717) is 22.8 Å². The average molecular weight is 389 g/mol. The molecule has 0 spiro atoms. The highest BCUT2D eigenvalue weighted by molar-refractivity contribution is 6.45. The van der Waals surface area contributed by atoms with E-state index in [0.717, 1.165) is 12.0 Å². The second-order valence-corrected chi connectivity index (χ2v) is 7.50. The summed E-state index contributed by atoms with van der Waals surface area (Å²) in [6.07, 6.45) is 11.3. The molecule has 0 fully saturated rings. The number of ketones is 2. The van der Waals surface area contributed by atoms with Gasteiger partial charge in [0.2, 0.25) is 5.78 Å².